The lowest BCUT2D eigenvalue weighted by Crippen LogP contribution is -1.97. The highest BCUT2D eigenvalue weighted by Crippen LogP contribution is 2.38. The van der Waals surface area contributed by atoms with Crippen molar-refractivity contribution in [2.45, 2.75) is 12.8 Å². The molecule has 1 aliphatic heterocycles. The molecule has 1 heterocycles. The van der Waals surface area contributed by atoms with Crippen molar-refractivity contribution >= 4 is 11.9 Å². The summed E-state index contributed by atoms with van der Waals surface area (Å²) in [6.45, 7) is 0.707. The number of hydrogen-bond acceptors (Lipinski definition) is 4. The highest BCUT2D eigenvalue weighted by molar-refractivity contribution is 5.78. The lowest BCUT2D eigenvalue weighted by molar-refractivity contribution is 0.358. The fourth-order valence-corrected chi connectivity index (χ4v) is 2.79. The van der Waals surface area contributed by atoms with E-state index in [-0.39, 0.29) is 0 Å². The number of nitrogens with two attached hydrogens (primary N) is 2. The van der Waals surface area contributed by atoms with Crippen molar-refractivity contribution in [1.82, 2.24) is 0 Å². The normalized spacial score (nSPS) is 13.5. The topological polar surface area (TPSA) is 85.1 Å². The van der Waals surface area contributed by atoms with Gasteiger partial charge in [0.05, 0.1) is 6.61 Å². The molecule has 2 aromatic carbocycles. The number of anilines is 1. The molecule has 0 aromatic heterocycles. The largest absolute Gasteiger partial charge is 0.492 e. The molecule has 5 N–H and O–H groups in total. The highest BCUT2D eigenvalue weighted by Gasteiger charge is 2.19. The van der Waals surface area contributed by atoms with Crippen LogP contribution in [0.15, 0.2) is 48.2 Å². The average Bonchev–Trinajstić information content (AvgIpc) is 3.00. The van der Waals surface area contributed by atoms with E-state index in [1.165, 1.54) is 18.0 Å². The second kappa shape index (κ2) is 5.93. The second-order valence-electron chi connectivity index (χ2n) is 5.42. The molecule has 0 aliphatic carbocycles. The predicted octanol–water partition coefficient (Wildman–Crippen LogP) is 2.91. The Bertz CT molecular complexity index is 750. The quantitative estimate of drug-likeness (QED) is 0.598. The molecule has 3 rings (SSSR count). The van der Waals surface area contributed by atoms with E-state index in [1.54, 1.807) is 0 Å². The van der Waals surface area contributed by atoms with Crippen LogP contribution in [0, 0.1) is 5.41 Å². The van der Waals surface area contributed by atoms with Crippen LogP contribution in [-0.4, -0.2) is 12.8 Å². The first-order valence-corrected chi connectivity index (χ1v) is 7.27. The molecule has 0 bridgehead atoms. The number of nitrogen functional groups attached to an aromatic ring is 1. The Balaban J connectivity index is 2.09. The first-order chi connectivity index (χ1) is 10.7. The van der Waals surface area contributed by atoms with Crippen LogP contribution in [0.1, 0.15) is 11.1 Å². The molecule has 22 heavy (non-hydrogen) atoms. The zero-order valence-corrected chi connectivity index (χ0v) is 12.3. The summed E-state index contributed by atoms with van der Waals surface area (Å²) in [5, 5.41) is 7.39. The fourth-order valence-electron chi connectivity index (χ4n) is 2.79. The number of rotatable bonds is 4. The predicted molar refractivity (Wildman–Crippen MR) is 90.2 cm³/mol. The standard InChI is InChI=1S/C18H19N3O/c19-10-13(11-20)6-12-7-15-4-5-22-18(15)17(8-12)14-2-1-3-16(21)9-14/h1-3,7-11,19H,4-6,20-21H2/b13-11-,19-10?. The molecular weight excluding hydrogens is 274 g/mol. The van der Waals surface area contributed by atoms with Gasteiger partial charge in [-0.15, -0.1) is 0 Å². The molecule has 4 heteroatoms. The summed E-state index contributed by atoms with van der Waals surface area (Å²) in [7, 11) is 0. The molecule has 0 radical (unpaired) electrons. The number of hydrogen-bond donors (Lipinski definition) is 3. The Morgan fingerprint density at radius 2 is 2.14 bits per heavy atom. The highest BCUT2D eigenvalue weighted by atomic mass is 16.5. The van der Waals surface area contributed by atoms with Crippen LogP contribution in [0.25, 0.3) is 11.1 Å². The van der Waals surface area contributed by atoms with Crippen LogP contribution >= 0.6 is 0 Å². The number of allylic oxidation sites excluding steroid dienone is 1. The smallest absolute Gasteiger partial charge is 0.130 e. The van der Waals surface area contributed by atoms with Gasteiger partial charge in [0, 0.05) is 30.3 Å². The van der Waals surface area contributed by atoms with Gasteiger partial charge < -0.3 is 21.6 Å². The maximum atomic E-state index is 7.39. The van der Waals surface area contributed by atoms with E-state index >= 15 is 0 Å². The van der Waals surface area contributed by atoms with E-state index in [4.69, 9.17) is 21.6 Å². The first-order valence-electron chi connectivity index (χ1n) is 7.27. The van der Waals surface area contributed by atoms with Gasteiger partial charge in [-0.05, 0) is 46.7 Å². The van der Waals surface area contributed by atoms with Crippen LogP contribution in [0.2, 0.25) is 0 Å². The third kappa shape index (κ3) is 2.68. The monoisotopic (exact) mass is 293 g/mol. The number of nitrogens with one attached hydrogen (secondary N) is 1. The second-order valence-corrected chi connectivity index (χ2v) is 5.42. The van der Waals surface area contributed by atoms with Gasteiger partial charge in [-0.1, -0.05) is 18.2 Å². The van der Waals surface area contributed by atoms with Crippen molar-refractivity contribution in [2.75, 3.05) is 12.3 Å². The van der Waals surface area contributed by atoms with Gasteiger partial charge in [0.1, 0.15) is 5.75 Å². The summed E-state index contributed by atoms with van der Waals surface area (Å²) in [5.74, 6) is 0.947. The molecule has 0 fully saturated rings. The maximum absolute atomic E-state index is 7.39. The number of fused-ring (bicyclic) bond motifs is 1. The van der Waals surface area contributed by atoms with Gasteiger partial charge in [-0.2, -0.15) is 0 Å². The molecule has 112 valence electrons. The van der Waals surface area contributed by atoms with Gasteiger partial charge in [0.25, 0.3) is 0 Å². The molecule has 0 amide bonds. The third-order valence-electron chi connectivity index (χ3n) is 3.85. The van der Waals surface area contributed by atoms with Gasteiger partial charge >= 0.3 is 0 Å². The minimum absolute atomic E-state index is 0.641. The van der Waals surface area contributed by atoms with Crippen LogP contribution in [0.3, 0.4) is 0 Å². The van der Waals surface area contributed by atoms with Crippen LogP contribution < -0.4 is 16.2 Å². The lowest BCUT2D eigenvalue weighted by Gasteiger charge is -2.12. The van der Waals surface area contributed by atoms with E-state index in [9.17, 15) is 0 Å². The van der Waals surface area contributed by atoms with E-state index < -0.39 is 0 Å². The molecule has 0 atom stereocenters. The van der Waals surface area contributed by atoms with Crippen molar-refractivity contribution in [3.8, 4) is 16.9 Å². The van der Waals surface area contributed by atoms with Gasteiger partial charge in [0.2, 0.25) is 0 Å². The molecule has 0 unspecified atom stereocenters. The van der Waals surface area contributed by atoms with Crippen molar-refractivity contribution in [2.24, 2.45) is 5.73 Å². The van der Waals surface area contributed by atoms with E-state index in [2.05, 4.69) is 12.1 Å². The molecule has 1 aliphatic rings. The molecular formula is C18H19N3O. The minimum atomic E-state index is 0.641. The first kappa shape index (κ1) is 14.2. The van der Waals surface area contributed by atoms with E-state index in [0.717, 1.165) is 40.1 Å². The van der Waals surface area contributed by atoms with Gasteiger partial charge in [-0.3, -0.25) is 0 Å². The van der Waals surface area contributed by atoms with E-state index in [1.807, 2.05) is 24.3 Å². The molecule has 0 saturated heterocycles. The Morgan fingerprint density at radius 1 is 1.27 bits per heavy atom. The summed E-state index contributed by atoms with van der Waals surface area (Å²) < 4.78 is 5.81. The average molecular weight is 293 g/mol. The Kier molecular flexibility index (Phi) is 3.83. The zero-order valence-electron chi connectivity index (χ0n) is 12.3. The molecule has 4 nitrogen and oxygen atoms in total. The Morgan fingerprint density at radius 3 is 2.86 bits per heavy atom. The van der Waals surface area contributed by atoms with Crippen LogP contribution in [0.4, 0.5) is 5.69 Å². The minimum Gasteiger partial charge on any atom is -0.492 e. The zero-order chi connectivity index (χ0) is 15.5. The summed E-state index contributed by atoms with van der Waals surface area (Å²) in [5.41, 5.74) is 17.4. The van der Waals surface area contributed by atoms with E-state index in [0.29, 0.717) is 13.0 Å². The van der Waals surface area contributed by atoms with Crippen molar-refractivity contribution in [3.05, 3.63) is 59.3 Å². The molecule has 0 spiro atoms. The maximum Gasteiger partial charge on any atom is 0.130 e. The summed E-state index contributed by atoms with van der Waals surface area (Å²) in [6, 6.07) is 12.1. The Hall–Kier alpha value is -2.75. The summed E-state index contributed by atoms with van der Waals surface area (Å²) in [4.78, 5) is 0. The number of benzene rings is 2. The van der Waals surface area contributed by atoms with Gasteiger partial charge in [-0.25, -0.2) is 0 Å². The molecule has 2 aromatic rings. The van der Waals surface area contributed by atoms with Crippen LogP contribution in [-0.2, 0) is 12.8 Å². The van der Waals surface area contributed by atoms with Gasteiger partial charge in [0.15, 0.2) is 0 Å². The van der Waals surface area contributed by atoms with Crippen molar-refractivity contribution < 1.29 is 4.74 Å². The molecule has 0 saturated carbocycles. The summed E-state index contributed by atoms with van der Waals surface area (Å²) >= 11 is 0. The Labute approximate surface area is 129 Å². The fraction of sp³-hybridized carbons (Fsp3) is 0.167. The lowest BCUT2D eigenvalue weighted by atomic mass is 9.95. The SMILES string of the molecule is N=C/C(=C\N)Cc1cc2c(c(-c3cccc(N)c3)c1)OCC2. The summed E-state index contributed by atoms with van der Waals surface area (Å²) in [6.07, 6.45) is 4.33. The van der Waals surface area contributed by atoms with Crippen LogP contribution in [0.5, 0.6) is 5.75 Å². The number of ether oxygens (including phenoxy) is 1. The third-order valence-corrected chi connectivity index (χ3v) is 3.85. The van der Waals surface area contributed by atoms with Crippen molar-refractivity contribution in [3.63, 3.8) is 0 Å². The van der Waals surface area contributed by atoms with Crippen molar-refractivity contribution in [1.29, 1.82) is 5.41 Å².